The molecular weight excluding hydrogens is 347 g/mol. The van der Waals surface area contributed by atoms with Crippen molar-refractivity contribution in [1.82, 2.24) is 20.2 Å². The lowest BCUT2D eigenvalue weighted by molar-refractivity contribution is 0.288. The summed E-state index contributed by atoms with van der Waals surface area (Å²) in [6.07, 6.45) is 0. The van der Waals surface area contributed by atoms with E-state index in [-0.39, 0.29) is 6.61 Å². The second-order valence-electron chi connectivity index (χ2n) is 5.62. The van der Waals surface area contributed by atoms with Gasteiger partial charge in [0.1, 0.15) is 12.4 Å². The Bertz CT molecular complexity index is 869. The van der Waals surface area contributed by atoms with E-state index in [2.05, 4.69) is 34.6 Å². The van der Waals surface area contributed by atoms with Crippen molar-refractivity contribution in [3.63, 3.8) is 0 Å². The van der Waals surface area contributed by atoms with E-state index in [1.165, 1.54) is 5.56 Å². The van der Waals surface area contributed by atoms with Crippen LogP contribution in [0, 0.1) is 20.8 Å². The van der Waals surface area contributed by atoms with Gasteiger partial charge in [-0.2, -0.15) is 4.68 Å². The van der Waals surface area contributed by atoms with Gasteiger partial charge in [0.15, 0.2) is 5.82 Å². The summed E-state index contributed by atoms with van der Waals surface area (Å²) >= 11 is 12.0. The summed E-state index contributed by atoms with van der Waals surface area (Å²) in [5.41, 5.74) is 4.10. The number of rotatable bonds is 4. The van der Waals surface area contributed by atoms with E-state index in [0.29, 0.717) is 15.9 Å². The topological polar surface area (TPSA) is 52.8 Å². The van der Waals surface area contributed by atoms with Crippen molar-refractivity contribution < 1.29 is 4.74 Å². The van der Waals surface area contributed by atoms with Crippen molar-refractivity contribution >= 4 is 23.2 Å². The smallest absolute Gasteiger partial charge is 0.194 e. The Balaban J connectivity index is 1.85. The third-order valence-electron chi connectivity index (χ3n) is 3.63. The van der Waals surface area contributed by atoms with Crippen LogP contribution in [0.25, 0.3) is 5.69 Å². The Morgan fingerprint density at radius 1 is 1.00 bits per heavy atom. The maximum absolute atomic E-state index is 6.07. The first kappa shape index (κ1) is 16.7. The molecule has 1 heterocycles. The van der Waals surface area contributed by atoms with Crippen LogP contribution in [-0.2, 0) is 6.61 Å². The highest BCUT2D eigenvalue weighted by Crippen LogP contribution is 2.26. The molecule has 0 atom stereocenters. The molecular formula is C17H16Cl2N4O. The van der Waals surface area contributed by atoms with Crippen molar-refractivity contribution in [2.24, 2.45) is 0 Å². The molecule has 0 spiro atoms. The third-order valence-corrected chi connectivity index (χ3v) is 4.37. The SMILES string of the molecule is Cc1cc(C)c(OCc2nnnn2-c2ccc(Cl)c(Cl)c2)c(C)c1. The van der Waals surface area contributed by atoms with Crippen LogP contribution in [-0.4, -0.2) is 20.2 Å². The molecule has 0 fully saturated rings. The number of nitrogens with zero attached hydrogens (tertiary/aromatic N) is 4. The number of halogens is 2. The molecule has 0 saturated carbocycles. The summed E-state index contributed by atoms with van der Waals surface area (Å²) in [6.45, 7) is 6.36. The number of aryl methyl sites for hydroxylation is 3. The molecule has 0 radical (unpaired) electrons. The second kappa shape index (κ2) is 6.79. The van der Waals surface area contributed by atoms with E-state index in [1.807, 2.05) is 13.8 Å². The molecule has 5 nitrogen and oxygen atoms in total. The quantitative estimate of drug-likeness (QED) is 0.686. The summed E-state index contributed by atoms with van der Waals surface area (Å²) < 4.78 is 7.55. The van der Waals surface area contributed by atoms with E-state index in [0.717, 1.165) is 22.6 Å². The lowest BCUT2D eigenvalue weighted by Gasteiger charge is -2.13. The Morgan fingerprint density at radius 3 is 2.38 bits per heavy atom. The van der Waals surface area contributed by atoms with Gasteiger partial charge in [0, 0.05) is 0 Å². The van der Waals surface area contributed by atoms with Gasteiger partial charge in [-0.25, -0.2) is 0 Å². The molecule has 3 rings (SSSR count). The molecule has 24 heavy (non-hydrogen) atoms. The fourth-order valence-electron chi connectivity index (χ4n) is 2.64. The van der Waals surface area contributed by atoms with Crippen LogP contribution in [0.2, 0.25) is 10.0 Å². The zero-order valence-corrected chi connectivity index (χ0v) is 15.1. The van der Waals surface area contributed by atoms with E-state index in [4.69, 9.17) is 27.9 Å². The summed E-state index contributed by atoms with van der Waals surface area (Å²) in [6, 6.07) is 9.40. The molecule has 1 aromatic heterocycles. The molecule has 0 amide bonds. The Hall–Kier alpha value is -2.11. The predicted molar refractivity (Wildman–Crippen MR) is 94.2 cm³/mol. The maximum Gasteiger partial charge on any atom is 0.194 e. The Morgan fingerprint density at radius 2 is 1.71 bits per heavy atom. The van der Waals surface area contributed by atoms with Crippen molar-refractivity contribution in [3.05, 3.63) is 62.9 Å². The van der Waals surface area contributed by atoms with Gasteiger partial charge in [0.05, 0.1) is 15.7 Å². The van der Waals surface area contributed by atoms with E-state index in [1.54, 1.807) is 22.9 Å². The minimum Gasteiger partial charge on any atom is -0.485 e. The Kier molecular flexibility index (Phi) is 4.73. The summed E-state index contributed by atoms with van der Waals surface area (Å²) in [5, 5.41) is 12.7. The Labute approximate surface area is 150 Å². The van der Waals surface area contributed by atoms with Gasteiger partial charge >= 0.3 is 0 Å². The summed E-state index contributed by atoms with van der Waals surface area (Å²) in [5.74, 6) is 1.43. The van der Waals surface area contributed by atoms with Crippen molar-refractivity contribution in [1.29, 1.82) is 0 Å². The lowest BCUT2D eigenvalue weighted by atomic mass is 10.1. The third kappa shape index (κ3) is 3.37. The number of tetrazole rings is 1. The molecule has 0 N–H and O–H groups in total. The fraction of sp³-hybridized carbons (Fsp3) is 0.235. The minimum atomic E-state index is 0.248. The fourth-order valence-corrected chi connectivity index (χ4v) is 2.94. The van der Waals surface area contributed by atoms with Gasteiger partial charge in [-0.1, -0.05) is 40.9 Å². The first-order valence-corrected chi connectivity index (χ1v) is 8.14. The number of hydrogen-bond acceptors (Lipinski definition) is 4. The predicted octanol–water partition coefficient (Wildman–Crippen LogP) is 4.47. The zero-order chi connectivity index (χ0) is 17.3. The van der Waals surface area contributed by atoms with E-state index < -0.39 is 0 Å². The van der Waals surface area contributed by atoms with Gasteiger partial charge in [0.2, 0.25) is 0 Å². The zero-order valence-electron chi connectivity index (χ0n) is 13.5. The van der Waals surface area contributed by atoms with Crippen LogP contribution in [0.15, 0.2) is 30.3 Å². The van der Waals surface area contributed by atoms with Crippen LogP contribution < -0.4 is 4.74 Å². The van der Waals surface area contributed by atoms with Crippen LogP contribution in [0.3, 0.4) is 0 Å². The van der Waals surface area contributed by atoms with Crippen molar-refractivity contribution in [2.75, 3.05) is 0 Å². The molecule has 0 aliphatic rings. The number of ether oxygens (including phenoxy) is 1. The average Bonchev–Trinajstić information content (AvgIpc) is 2.97. The van der Waals surface area contributed by atoms with Gasteiger partial charge < -0.3 is 4.74 Å². The lowest BCUT2D eigenvalue weighted by Crippen LogP contribution is -2.08. The van der Waals surface area contributed by atoms with E-state index >= 15 is 0 Å². The molecule has 3 aromatic rings. The highest BCUT2D eigenvalue weighted by atomic mass is 35.5. The van der Waals surface area contributed by atoms with Crippen LogP contribution in [0.4, 0.5) is 0 Å². The van der Waals surface area contributed by atoms with Crippen LogP contribution in [0.1, 0.15) is 22.5 Å². The maximum atomic E-state index is 6.07. The molecule has 0 saturated heterocycles. The molecule has 0 aliphatic heterocycles. The minimum absolute atomic E-state index is 0.248. The van der Waals surface area contributed by atoms with Gasteiger partial charge in [-0.05, 0) is 60.5 Å². The first-order chi connectivity index (χ1) is 11.5. The van der Waals surface area contributed by atoms with Gasteiger partial charge in [-0.15, -0.1) is 5.10 Å². The molecule has 2 aromatic carbocycles. The summed E-state index contributed by atoms with van der Waals surface area (Å²) in [4.78, 5) is 0. The summed E-state index contributed by atoms with van der Waals surface area (Å²) in [7, 11) is 0. The van der Waals surface area contributed by atoms with Crippen molar-refractivity contribution in [3.8, 4) is 11.4 Å². The normalized spacial score (nSPS) is 10.9. The van der Waals surface area contributed by atoms with Gasteiger partial charge in [0.25, 0.3) is 0 Å². The van der Waals surface area contributed by atoms with Crippen LogP contribution >= 0.6 is 23.2 Å². The monoisotopic (exact) mass is 362 g/mol. The second-order valence-corrected chi connectivity index (χ2v) is 6.44. The molecule has 0 bridgehead atoms. The molecule has 7 heteroatoms. The molecule has 0 aliphatic carbocycles. The molecule has 0 unspecified atom stereocenters. The average molecular weight is 363 g/mol. The largest absolute Gasteiger partial charge is 0.485 e. The van der Waals surface area contributed by atoms with Crippen LogP contribution in [0.5, 0.6) is 5.75 Å². The number of aromatic nitrogens is 4. The van der Waals surface area contributed by atoms with Crippen molar-refractivity contribution in [2.45, 2.75) is 27.4 Å². The molecule has 124 valence electrons. The first-order valence-electron chi connectivity index (χ1n) is 7.39. The number of hydrogen-bond donors (Lipinski definition) is 0. The standard InChI is InChI=1S/C17H16Cl2N4O/c1-10-6-11(2)17(12(3)7-10)24-9-16-20-21-22-23(16)13-4-5-14(18)15(19)8-13/h4-8H,9H2,1-3H3. The number of benzene rings is 2. The highest BCUT2D eigenvalue weighted by molar-refractivity contribution is 6.42. The van der Waals surface area contributed by atoms with Gasteiger partial charge in [-0.3, -0.25) is 0 Å². The highest BCUT2D eigenvalue weighted by Gasteiger charge is 2.12. The van der Waals surface area contributed by atoms with E-state index in [9.17, 15) is 0 Å².